The number of alkyl halides is 1. The Morgan fingerprint density at radius 3 is 2.17 bits per heavy atom. The van der Waals surface area contributed by atoms with E-state index in [-0.39, 0.29) is 12.6 Å². The summed E-state index contributed by atoms with van der Waals surface area (Å²) in [6.45, 7) is -0.267. The van der Waals surface area contributed by atoms with Gasteiger partial charge in [-0.25, -0.2) is 13.2 Å². The second-order valence-electron chi connectivity index (χ2n) is 9.08. The van der Waals surface area contributed by atoms with Crippen LogP contribution in [0.1, 0.15) is 88.5 Å². The van der Waals surface area contributed by atoms with Gasteiger partial charge >= 0.3 is 0 Å². The third kappa shape index (κ3) is 6.72. The van der Waals surface area contributed by atoms with Gasteiger partial charge in [-0.3, -0.25) is 4.39 Å². The molecular weight excluding hydrogens is 388 g/mol. The van der Waals surface area contributed by atoms with Gasteiger partial charge in [0.15, 0.2) is 17.5 Å². The standard InChI is InChI=1S/C26H34F4/c27-16-4-2-1-3-5-19-6-8-20(9-7-19)10-11-21-12-14-22(15-13-21)23-17-24(28)26(30)25(29)18-23/h1-2,8,17-19,21-22H,3-7,9-16H2. The van der Waals surface area contributed by atoms with E-state index in [2.05, 4.69) is 12.2 Å². The van der Waals surface area contributed by atoms with E-state index in [4.69, 9.17) is 0 Å². The zero-order chi connectivity index (χ0) is 21.3. The van der Waals surface area contributed by atoms with Crippen molar-refractivity contribution in [3.63, 3.8) is 0 Å². The van der Waals surface area contributed by atoms with E-state index < -0.39 is 17.5 Å². The van der Waals surface area contributed by atoms with Crippen LogP contribution in [0, 0.1) is 29.3 Å². The smallest absolute Gasteiger partial charge is 0.194 e. The second-order valence-corrected chi connectivity index (χ2v) is 9.08. The van der Waals surface area contributed by atoms with Crippen molar-refractivity contribution < 1.29 is 17.6 Å². The SMILES string of the molecule is FCCC=CCCC1CC=C(CCC2CCC(c3cc(F)c(F)c(F)c3)CC2)CC1. The summed E-state index contributed by atoms with van der Waals surface area (Å²) in [5.74, 6) is -1.95. The van der Waals surface area contributed by atoms with Gasteiger partial charge in [0.2, 0.25) is 0 Å². The zero-order valence-corrected chi connectivity index (χ0v) is 17.8. The molecule has 3 rings (SSSR count). The molecule has 2 aliphatic rings. The first-order valence-corrected chi connectivity index (χ1v) is 11.6. The van der Waals surface area contributed by atoms with Gasteiger partial charge in [0, 0.05) is 0 Å². The van der Waals surface area contributed by atoms with Crippen LogP contribution in [-0.2, 0) is 0 Å². The first kappa shape index (κ1) is 23.1. The molecule has 1 aromatic carbocycles. The van der Waals surface area contributed by atoms with E-state index in [0.717, 1.165) is 44.4 Å². The predicted octanol–water partition coefficient (Wildman–Crippen LogP) is 8.58. The Morgan fingerprint density at radius 1 is 0.833 bits per heavy atom. The minimum absolute atomic E-state index is 0.138. The van der Waals surface area contributed by atoms with Crippen LogP contribution in [0.5, 0.6) is 0 Å². The zero-order valence-electron chi connectivity index (χ0n) is 17.8. The third-order valence-corrected chi connectivity index (χ3v) is 7.00. The maximum absolute atomic E-state index is 13.5. The summed E-state index contributed by atoms with van der Waals surface area (Å²) in [6, 6.07) is 2.34. The molecule has 30 heavy (non-hydrogen) atoms. The molecule has 0 nitrogen and oxygen atoms in total. The molecule has 0 spiro atoms. The summed E-state index contributed by atoms with van der Waals surface area (Å²) in [5, 5.41) is 0. The molecule has 1 unspecified atom stereocenters. The maximum atomic E-state index is 13.5. The lowest BCUT2D eigenvalue weighted by Gasteiger charge is -2.30. The molecule has 1 fully saturated rings. The molecule has 0 heterocycles. The first-order chi connectivity index (χ1) is 14.6. The Balaban J connectivity index is 1.36. The van der Waals surface area contributed by atoms with Gasteiger partial charge in [-0.1, -0.05) is 23.8 Å². The van der Waals surface area contributed by atoms with Crippen LogP contribution in [-0.4, -0.2) is 6.67 Å². The fraction of sp³-hybridized carbons (Fsp3) is 0.615. The Bertz CT molecular complexity index is 706. The molecule has 0 N–H and O–H groups in total. The molecule has 1 atom stereocenters. The van der Waals surface area contributed by atoms with Crippen LogP contribution in [0.3, 0.4) is 0 Å². The van der Waals surface area contributed by atoms with Gasteiger partial charge in [-0.2, -0.15) is 0 Å². The Labute approximate surface area is 178 Å². The molecular formula is C26H34F4. The second kappa shape index (κ2) is 11.7. The summed E-state index contributed by atoms with van der Waals surface area (Å²) in [4.78, 5) is 0. The van der Waals surface area contributed by atoms with E-state index in [1.54, 1.807) is 5.57 Å². The Hall–Kier alpha value is -1.58. The van der Waals surface area contributed by atoms with Crippen LogP contribution in [0.2, 0.25) is 0 Å². The highest BCUT2D eigenvalue weighted by Gasteiger charge is 2.25. The van der Waals surface area contributed by atoms with Crippen LogP contribution in [0.25, 0.3) is 0 Å². The first-order valence-electron chi connectivity index (χ1n) is 11.6. The van der Waals surface area contributed by atoms with Crippen molar-refractivity contribution >= 4 is 0 Å². The highest BCUT2D eigenvalue weighted by atomic mass is 19.2. The largest absolute Gasteiger partial charge is 0.251 e. The van der Waals surface area contributed by atoms with E-state index >= 15 is 0 Å². The molecule has 0 aliphatic heterocycles. The summed E-state index contributed by atoms with van der Waals surface area (Å²) < 4.78 is 52.3. The molecule has 4 heteroatoms. The van der Waals surface area contributed by atoms with Gasteiger partial charge in [-0.15, -0.1) is 0 Å². The van der Waals surface area contributed by atoms with Gasteiger partial charge in [0.25, 0.3) is 0 Å². The van der Waals surface area contributed by atoms with Crippen molar-refractivity contribution in [2.45, 2.75) is 83.0 Å². The van der Waals surface area contributed by atoms with E-state index in [0.29, 0.717) is 17.9 Å². The number of benzene rings is 1. The molecule has 0 bridgehead atoms. The molecule has 1 saturated carbocycles. The van der Waals surface area contributed by atoms with E-state index in [1.165, 1.54) is 44.2 Å². The molecule has 0 radical (unpaired) electrons. The summed E-state index contributed by atoms with van der Waals surface area (Å²) in [6.07, 6.45) is 19.3. The number of hydrogen-bond acceptors (Lipinski definition) is 0. The van der Waals surface area contributed by atoms with E-state index in [9.17, 15) is 17.6 Å². The van der Waals surface area contributed by atoms with Gasteiger partial charge < -0.3 is 0 Å². The normalized spacial score (nSPS) is 24.9. The van der Waals surface area contributed by atoms with Crippen molar-refractivity contribution in [2.24, 2.45) is 11.8 Å². The van der Waals surface area contributed by atoms with Crippen molar-refractivity contribution in [3.05, 3.63) is 58.9 Å². The fourth-order valence-corrected chi connectivity index (χ4v) is 5.05. The number of allylic oxidation sites excluding steroid dienone is 4. The van der Waals surface area contributed by atoms with Crippen LogP contribution >= 0.6 is 0 Å². The minimum atomic E-state index is -1.37. The number of rotatable bonds is 9. The van der Waals surface area contributed by atoms with Crippen LogP contribution in [0.4, 0.5) is 17.6 Å². The lowest BCUT2D eigenvalue weighted by atomic mass is 9.76. The monoisotopic (exact) mass is 422 g/mol. The van der Waals surface area contributed by atoms with Gasteiger partial charge in [0.05, 0.1) is 6.67 Å². The Morgan fingerprint density at radius 2 is 1.53 bits per heavy atom. The van der Waals surface area contributed by atoms with Crippen molar-refractivity contribution in [2.75, 3.05) is 6.67 Å². The lowest BCUT2D eigenvalue weighted by Crippen LogP contribution is -2.14. The summed E-state index contributed by atoms with van der Waals surface area (Å²) in [7, 11) is 0. The summed E-state index contributed by atoms with van der Waals surface area (Å²) >= 11 is 0. The molecule has 1 aromatic rings. The quantitative estimate of drug-likeness (QED) is 0.212. The topological polar surface area (TPSA) is 0 Å². The van der Waals surface area contributed by atoms with Crippen LogP contribution in [0.15, 0.2) is 35.9 Å². The van der Waals surface area contributed by atoms with Crippen LogP contribution < -0.4 is 0 Å². The third-order valence-electron chi connectivity index (χ3n) is 7.00. The van der Waals surface area contributed by atoms with Gasteiger partial charge in [-0.05, 0) is 112 Å². The molecule has 2 aliphatic carbocycles. The lowest BCUT2D eigenvalue weighted by molar-refractivity contribution is 0.306. The summed E-state index contributed by atoms with van der Waals surface area (Å²) in [5.41, 5.74) is 2.19. The fourth-order valence-electron chi connectivity index (χ4n) is 5.05. The minimum Gasteiger partial charge on any atom is -0.251 e. The van der Waals surface area contributed by atoms with Crippen molar-refractivity contribution in [3.8, 4) is 0 Å². The van der Waals surface area contributed by atoms with E-state index in [1.807, 2.05) is 6.08 Å². The van der Waals surface area contributed by atoms with Gasteiger partial charge in [0.1, 0.15) is 0 Å². The molecule has 0 aromatic heterocycles. The van der Waals surface area contributed by atoms with Crippen molar-refractivity contribution in [1.29, 1.82) is 0 Å². The number of halogens is 4. The molecule has 0 amide bonds. The van der Waals surface area contributed by atoms with Crippen molar-refractivity contribution in [1.82, 2.24) is 0 Å². The average Bonchev–Trinajstić information content (AvgIpc) is 2.77. The Kier molecular flexibility index (Phi) is 9.02. The number of hydrogen-bond donors (Lipinski definition) is 0. The highest BCUT2D eigenvalue weighted by Crippen LogP contribution is 2.39. The average molecular weight is 423 g/mol. The molecule has 166 valence electrons. The predicted molar refractivity (Wildman–Crippen MR) is 115 cm³/mol. The highest BCUT2D eigenvalue weighted by molar-refractivity contribution is 5.23. The molecule has 0 saturated heterocycles. The maximum Gasteiger partial charge on any atom is 0.194 e.